The zero-order valence-electron chi connectivity index (χ0n) is 12.7. The number of halogens is 1. The third-order valence-corrected chi connectivity index (χ3v) is 3.66. The first-order valence-electron chi connectivity index (χ1n) is 7.38. The number of fused-ring (bicyclic) bond motifs is 1. The van der Waals surface area contributed by atoms with Gasteiger partial charge in [-0.15, -0.1) is 0 Å². The Morgan fingerprint density at radius 3 is 2.91 bits per heavy atom. The minimum atomic E-state index is 0.152. The molecule has 0 saturated heterocycles. The summed E-state index contributed by atoms with van der Waals surface area (Å²) in [4.78, 5) is 14.7. The van der Waals surface area contributed by atoms with Crippen molar-refractivity contribution in [3.63, 3.8) is 0 Å². The molecule has 0 atom stereocenters. The van der Waals surface area contributed by atoms with E-state index in [4.69, 9.17) is 22.6 Å². The summed E-state index contributed by atoms with van der Waals surface area (Å²) in [5, 5.41) is 8.92. The first-order valence-corrected chi connectivity index (χ1v) is 7.76. The van der Waals surface area contributed by atoms with E-state index in [1.165, 1.54) is 0 Å². The minimum absolute atomic E-state index is 0.152. The molecular formula is C14H20ClN7. The number of hydrogen-bond acceptors (Lipinski definition) is 6. The Bertz CT molecular complexity index is 661. The van der Waals surface area contributed by atoms with Crippen molar-refractivity contribution < 1.29 is 0 Å². The van der Waals surface area contributed by atoms with Crippen LogP contribution in [0, 0.1) is 11.3 Å². The van der Waals surface area contributed by atoms with Crippen LogP contribution in [0.25, 0.3) is 11.2 Å². The number of nitrogens with two attached hydrogens (primary N) is 1. The van der Waals surface area contributed by atoms with E-state index in [2.05, 4.69) is 32.8 Å². The molecule has 2 aromatic rings. The number of nitriles is 1. The summed E-state index contributed by atoms with van der Waals surface area (Å²) < 4.78 is 1.94. The van der Waals surface area contributed by atoms with Crippen LogP contribution < -0.4 is 5.73 Å². The molecule has 0 fully saturated rings. The standard InChI is InChI=1S/C14H20ClN7/c1-2-6-21(7-4-3-5-16)8-9-22-10-18-11-12(15)19-14(17)20-13(11)22/h10H,2-4,6-9H2,1H3,(H2,17,19,20). The summed E-state index contributed by atoms with van der Waals surface area (Å²) in [6, 6.07) is 2.18. The van der Waals surface area contributed by atoms with Gasteiger partial charge in [0.05, 0.1) is 12.4 Å². The zero-order valence-corrected chi connectivity index (χ0v) is 13.4. The number of hydrogen-bond donors (Lipinski definition) is 1. The molecule has 0 spiro atoms. The molecule has 8 heteroatoms. The van der Waals surface area contributed by atoms with Gasteiger partial charge in [0.2, 0.25) is 5.95 Å². The van der Waals surface area contributed by atoms with Gasteiger partial charge in [0.1, 0.15) is 5.52 Å². The molecule has 0 aliphatic rings. The summed E-state index contributed by atoms with van der Waals surface area (Å²) in [5.74, 6) is 0.152. The molecular weight excluding hydrogens is 302 g/mol. The number of imidazole rings is 1. The van der Waals surface area contributed by atoms with Crippen molar-refractivity contribution in [2.45, 2.75) is 32.7 Å². The lowest BCUT2D eigenvalue weighted by molar-refractivity contribution is 0.262. The van der Waals surface area contributed by atoms with Crippen molar-refractivity contribution in [2.75, 3.05) is 25.4 Å². The van der Waals surface area contributed by atoms with Crippen LogP contribution in [0.4, 0.5) is 5.95 Å². The van der Waals surface area contributed by atoms with Crippen molar-refractivity contribution in [3.8, 4) is 6.07 Å². The average molecular weight is 322 g/mol. The molecule has 118 valence electrons. The Labute approximate surface area is 134 Å². The number of rotatable bonds is 8. The molecule has 0 saturated carbocycles. The molecule has 0 aliphatic carbocycles. The van der Waals surface area contributed by atoms with Gasteiger partial charge in [0.15, 0.2) is 10.8 Å². The average Bonchev–Trinajstić information content (AvgIpc) is 2.88. The van der Waals surface area contributed by atoms with E-state index in [9.17, 15) is 0 Å². The van der Waals surface area contributed by atoms with Gasteiger partial charge in [-0.2, -0.15) is 15.2 Å². The molecule has 0 aliphatic heterocycles. The van der Waals surface area contributed by atoms with Crippen LogP contribution >= 0.6 is 11.6 Å². The van der Waals surface area contributed by atoms with Crippen molar-refractivity contribution in [3.05, 3.63) is 11.5 Å². The SMILES string of the molecule is CCCN(CCCC#N)CCn1cnc2c(Cl)nc(N)nc21. The molecule has 2 N–H and O–H groups in total. The summed E-state index contributed by atoms with van der Waals surface area (Å²) in [6.45, 7) is 5.70. The first-order chi connectivity index (χ1) is 10.7. The smallest absolute Gasteiger partial charge is 0.223 e. The second kappa shape index (κ2) is 7.92. The number of anilines is 1. The van der Waals surface area contributed by atoms with Gasteiger partial charge >= 0.3 is 0 Å². The first kappa shape index (κ1) is 16.5. The highest BCUT2D eigenvalue weighted by Gasteiger charge is 2.11. The summed E-state index contributed by atoms with van der Waals surface area (Å²) in [7, 11) is 0. The summed E-state index contributed by atoms with van der Waals surface area (Å²) in [6.07, 6.45) is 4.28. The Morgan fingerprint density at radius 2 is 2.18 bits per heavy atom. The largest absolute Gasteiger partial charge is 0.368 e. The monoisotopic (exact) mass is 321 g/mol. The van der Waals surface area contributed by atoms with Crippen molar-refractivity contribution in [2.24, 2.45) is 0 Å². The highest BCUT2D eigenvalue weighted by Crippen LogP contribution is 2.19. The topological polar surface area (TPSA) is 96.7 Å². The highest BCUT2D eigenvalue weighted by molar-refractivity contribution is 6.33. The third kappa shape index (κ3) is 4.06. The van der Waals surface area contributed by atoms with E-state index in [0.29, 0.717) is 17.6 Å². The lowest BCUT2D eigenvalue weighted by Gasteiger charge is -2.21. The van der Waals surface area contributed by atoms with Crippen molar-refractivity contribution in [1.82, 2.24) is 24.4 Å². The molecule has 0 bridgehead atoms. The minimum Gasteiger partial charge on any atom is -0.368 e. The van der Waals surface area contributed by atoms with Crippen LogP contribution in [-0.4, -0.2) is 44.1 Å². The number of nitrogen functional groups attached to an aromatic ring is 1. The maximum absolute atomic E-state index is 8.64. The van der Waals surface area contributed by atoms with Crippen LogP contribution in [0.1, 0.15) is 26.2 Å². The maximum Gasteiger partial charge on any atom is 0.223 e. The molecule has 0 aromatic carbocycles. The van der Waals surface area contributed by atoms with E-state index < -0.39 is 0 Å². The number of unbranched alkanes of at least 4 members (excludes halogenated alkanes) is 1. The van der Waals surface area contributed by atoms with E-state index in [-0.39, 0.29) is 11.1 Å². The van der Waals surface area contributed by atoms with Crippen LogP contribution in [0.3, 0.4) is 0 Å². The van der Waals surface area contributed by atoms with Crippen LogP contribution in [0.5, 0.6) is 0 Å². The molecule has 2 rings (SSSR count). The maximum atomic E-state index is 8.64. The van der Waals surface area contributed by atoms with Gasteiger partial charge in [-0.1, -0.05) is 18.5 Å². The van der Waals surface area contributed by atoms with Crippen molar-refractivity contribution >= 4 is 28.7 Å². The third-order valence-electron chi connectivity index (χ3n) is 3.40. The molecule has 7 nitrogen and oxygen atoms in total. The molecule has 0 amide bonds. The molecule has 2 aromatic heterocycles. The predicted molar refractivity (Wildman–Crippen MR) is 86.3 cm³/mol. The van der Waals surface area contributed by atoms with E-state index >= 15 is 0 Å². The quantitative estimate of drug-likeness (QED) is 0.590. The summed E-state index contributed by atoms with van der Waals surface area (Å²) >= 11 is 6.02. The Kier molecular flexibility index (Phi) is 5.92. The Balaban J connectivity index is 2.05. The number of nitrogens with zero attached hydrogens (tertiary/aromatic N) is 6. The lowest BCUT2D eigenvalue weighted by Crippen LogP contribution is -2.29. The number of aromatic nitrogens is 4. The van der Waals surface area contributed by atoms with Gasteiger partial charge in [-0.3, -0.25) is 0 Å². The van der Waals surface area contributed by atoms with E-state index in [1.54, 1.807) is 6.33 Å². The molecule has 22 heavy (non-hydrogen) atoms. The Morgan fingerprint density at radius 1 is 1.36 bits per heavy atom. The van der Waals surface area contributed by atoms with Gasteiger partial charge in [-0.25, -0.2) is 4.98 Å². The van der Waals surface area contributed by atoms with Crippen LogP contribution in [0.2, 0.25) is 5.15 Å². The van der Waals surface area contributed by atoms with Gasteiger partial charge in [-0.05, 0) is 25.9 Å². The Hall–Kier alpha value is -1.91. The fraction of sp³-hybridized carbons (Fsp3) is 0.571. The zero-order chi connectivity index (χ0) is 15.9. The molecule has 2 heterocycles. The fourth-order valence-electron chi connectivity index (χ4n) is 2.37. The highest BCUT2D eigenvalue weighted by atomic mass is 35.5. The van der Waals surface area contributed by atoms with Crippen molar-refractivity contribution in [1.29, 1.82) is 5.26 Å². The van der Waals surface area contributed by atoms with Gasteiger partial charge in [0, 0.05) is 19.5 Å². The second-order valence-electron chi connectivity index (χ2n) is 5.09. The molecule has 0 unspecified atom stereocenters. The van der Waals surface area contributed by atoms with Gasteiger partial charge < -0.3 is 15.2 Å². The molecule has 0 radical (unpaired) electrons. The normalized spacial score (nSPS) is 11.2. The van der Waals surface area contributed by atoms with E-state index in [0.717, 1.165) is 39.0 Å². The fourth-order valence-corrected chi connectivity index (χ4v) is 2.59. The lowest BCUT2D eigenvalue weighted by atomic mass is 10.3. The summed E-state index contributed by atoms with van der Waals surface area (Å²) in [5.41, 5.74) is 6.88. The van der Waals surface area contributed by atoms with Crippen LogP contribution in [-0.2, 0) is 6.54 Å². The second-order valence-corrected chi connectivity index (χ2v) is 5.44. The predicted octanol–water partition coefficient (Wildman–Crippen LogP) is 2.08. The van der Waals surface area contributed by atoms with Gasteiger partial charge in [0.25, 0.3) is 0 Å². The van der Waals surface area contributed by atoms with E-state index in [1.807, 2.05) is 4.57 Å². The van der Waals surface area contributed by atoms with Crippen LogP contribution in [0.15, 0.2) is 6.33 Å².